The first-order valence-corrected chi connectivity index (χ1v) is 10.4. The van der Waals surface area contributed by atoms with Crippen LogP contribution in [-0.2, 0) is 16.1 Å². The molecule has 1 atom stereocenters. The molecular weight excluding hydrogens is 408 g/mol. The van der Waals surface area contributed by atoms with Gasteiger partial charge in [-0.15, -0.1) is 23.1 Å². The molecule has 1 aromatic heterocycles. The number of hydrogen-bond donors (Lipinski definition) is 1. The third kappa shape index (κ3) is 4.02. The molecule has 2 heterocycles. The third-order valence-corrected chi connectivity index (χ3v) is 6.38. The Hall–Kier alpha value is -1.31. The van der Waals surface area contributed by atoms with Gasteiger partial charge in [-0.2, -0.15) is 0 Å². The van der Waals surface area contributed by atoms with Crippen molar-refractivity contribution in [2.75, 3.05) is 17.7 Å². The van der Waals surface area contributed by atoms with Crippen molar-refractivity contribution in [2.24, 2.45) is 5.92 Å². The monoisotopic (exact) mass is 424 g/mol. The molecule has 0 bridgehead atoms. The average Bonchev–Trinajstić information content (AvgIpc) is 3.18. The summed E-state index contributed by atoms with van der Waals surface area (Å²) in [7, 11) is 0. The largest absolute Gasteiger partial charge is 0.351 e. The standard InChI is InChI=1S/C17H17BrN2O2S2/c1-23-14-4-2-13(3-5-14)20-9-11(6-16(20)21)17(22)19-8-15-7-12(18)10-24-15/h2-5,7,10-11H,6,8-9H2,1H3,(H,19,22). The number of hydrogen-bond acceptors (Lipinski definition) is 4. The molecule has 0 saturated carbocycles. The number of anilines is 1. The van der Waals surface area contributed by atoms with E-state index in [2.05, 4.69) is 21.2 Å². The summed E-state index contributed by atoms with van der Waals surface area (Å²) >= 11 is 6.66. The van der Waals surface area contributed by atoms with Gasteiger partial charge in [0.15, 0.2) is 0 Å². The van der Waals surface area contributed by atoms with Gasteiger partial charge in [0.25, 0.3) is 0 Å². The van der Waals surface area contributed by atoms with Crippen molar-refractivity contribution in [3.63, 3.8) is 0 Å². The van der Waals surface area contributed by atoms with Gasteiger partial charge >= 0.3 is 0 Å². The van der Waals surface area contributed by atoms with Gasteiger partial charge < -0.3 is 10.2 Å². The molecule has 3 rings (SSSR count). The zero-order valence-electron chi connectivity index (χ0n) is 13.1. The minimum Gasteiger partial charge on any atom is -0.351 e. The SMILES string of the molecule is CSc1ccc(N2CC(C(=O)NCc3cc(Br)cs3)CC2=O)cc1. The number of nitrogens with one attached hydrogen (secondary N) is 1. The lowest BCUT2D eigenvalue weighted by atomic mass is 10.1. The van der Waals surface area contributed by atoms with Crippen LogP contribution in [0.3, 0.4) is 0 Å². The Labute approximate surface area is 157 Å². The molecule has 7 heteroatoms. The van der Waals surface area contributed by atoms with Crippen LogP contribution in [0.15, 0.2) is 45.1 Å². The minimum absolute atomic E-state index is 0.00548. The quantitative estimate of drug-likeness (QED) is 0.740. The number of thiophene rings is 1. The molecule has 1 unspecified atom stereocenters. The maximum Gasteiger partial charge on any atom is 0.227 e. The number of rotatable bonds is 5. The Kier molecular flexibility index (Phi) is 5.63. The van der Waals surface area contributed by atoms with Crippen LogP contribution >= 0.6 is 39.0 Å². The molecule has 1 aliphatic rings. The third-order valence-electron chi connectivity index (χ3n) is 3.94. The number of amides is 2. The number of carbonyl (C=O) groups is 2. The molecule has 0 radical (unpaired) electrons. The molecule has 24 heavy (non-hydrogen) atoms. The number of nitrogens with zero attached hydrogens (tertiary/aromatic N) is 1. The predicted molar refractivity (Wildman–Crippen MR) is 103 cm³/mol. The molecule has 2 amide bonds. The van der Waals surface area contributed by atoms with Crippen LogP contribution < -0.4 is 10.2 Å². The lowest BCUT2D eigenvalue weighted by Gasteiger charge is -2.17. The Balaban J connectivity index is 1.59. The van der Waals surface area contributed by atoms with Gasteiger partial charge in [-0.25, -0.2) is 0 Å². The van der Waals surface area contributed by atoms with E-state index >= 15 is 0 Å². The van der Waals surface area contributed by atoms with Crippen molar-refractivity contribution < 1.29 is 9.59 Å². The number of halogens is 1. The summed E-state index contributed by atoms with van der Waals surface area (Å²) in [6.07, 6.45) is 2.28. The van der Waals surface area contributed by atoms with Crippen molar-refractivity contribution in [3.05, 3.63) is 45.1 Å². The van der Waals surface area contributed by atoms with Gasteiger partial charge in [-0.1, -0.05) is 0 Å². The molecule has 1 aliphatic heterocycles. The molecule has 0 aliphatic carbocycles. The van der Waals surface area contributed by atoms with Crippen LogP contribution in [0.4, 0.5) is 5.69 Å². The fourth-order valence-corrected chi connectivity index (χ4v) is 4.46. The van der Waals surface area contributed by atoms with Gasteiger partial charge in [-0.05, 0) is 52.5 Å². The lowest BCUT2D eigenvalue weighted by molar-refractivity contribution is -0.126. The maximum absolute atomic E-state index is 12.3. The van der Waals surface area contributed by atoms with Crippen molar-refractivity contribution in [1.82, 2.24) is 5.32 Å². The smallest absolute Gasteiger partial charge is 0.227 e. The van der Waals surface area contributed by atoms with Gasteiger partial charge in [0, 0.05) is 38.3 Å². The van der Waals surface area contributed by atoms with E-state index in [1.165, 1.54) is 0 Å². The zero-order chi connectivity index (χ0) is 17.1. The Bertz CT molecular complexity index is 745. The minimum atomic E-state index is -0.291. The van der Waals surface area contributed by atoms with E-state index in [-0.39, 0.29) is 24.2 Å². The molecular formula is C17H17BrN2O2S2. The Morgan fingerprint density at radius 1 is 1.42 bits per heavy atom. The van der Waals surface area contributed by atoms with Crippen molar-refractivity contribution in [3.8, 4) is 0 Å². The fraction of sp³-hybridized carbons (Fsp3) is 0.294. The maximum atomic E-state index is 12.3. The summed E-state index contributed by atoms with van der Waals surface area (Å²) in [6.45, 7) is 0.944. The fourth-order valence-electron chi connectivity index (χ4n) is 2.66. The van der Waals surface area contributed by atoms with Crippen LogP contribution in [0.25, 0.3) is 0 Å². The number of thioether (sulfide) groups is 1. The first kappa shape index (κ1) is 17.5. The van der Waals surface area contributed by atoms with E-state index in [1.807, 2.05) is 42.0 Å². The van der Waals surface area contributed by atoms with Gasteiger partial charge in [-0.3, -0.25) is 9.59 Å². The summed E-state index contributed by atoms with van der Waals surface area (Å²) in [6, 6.07) is 9.86. The number of carbonyl (C=O) groups excluding carboxylic acids is 2. The van der Waals surface area contributed by atoms with Gasteiger partial charge in [0.2, 0.25) is 11.8 Å². The highest BCUT2D eigenvalue weighted by Crippen LogP contribution is 2.27. The van der Waals surface area contributed by atoms with Gasteiger partial charge in [0.1, 0.15) is 0 Å². The van der Waals surface area contributed by atoms with Crippen LogP contribution in [0.2, 0.25) is 0 Å². The Morgan fingerprint density at radius 2 is 2.17 bits per heavy atom. The van der Waals surface area contributed by atoms with Gasteiger partial charge in [0.05, 0.1) is 12.5 Å². The first-order chi connectivity index (χ1) is 11.6. The van der Waals surface area contributed by atoms with Crippen LogP contribution in [0.1, 0.15) is 11.3 Å². The van der Waals surface area contributed by atoms with Crippen molar-refractivity contribution in [2.45, 2.75) is 17.9 Å². The van der Waals surface area contributed by atoms with Crippen LogP contribution in [-0.4, -0.2) is 24.6 Å². The highest BCUT2D eigenvalue weighted by molar-refractivity contribution is 9.10. The predicted octanol–water partition coefficient (Wildman–Crippen LogP) is 3.90. The van der Waals surface area contributed by atoms with E-state index in [0.717, 1.165) is 19.9 Å². The molecule has 1 saturated heterocycles. The highest BCUT2D eigenvalue weighted by atomic mass is 79.9. The van der Waals surface area contributed by atoms with E-state index in [1.54, 1.807) is 28.0 Å². The summed E-state index contributed by atoms with van der Waals surface area (Å²) in [5.41, 5.74) is 0.857. The van der Waals surface area contributed by atoms with Crippen LogP contribution in [0.5, 0.6) is 0 Å². The lowest BCUT2D eigenvalue weighted by Crippen LogP contribution is -2.32. The normalized spacial score (nSPS) is 17.3. The molecule has 0 spiro atoms. The van der Waals surface area contributed by atoms with Crippen molar-refractivity contribution in [1.29, 1.82) is 0 Å². The topological polar surface area (TPSA) is 49.4 Å². The highest BCUT2D eigenvalue weighted by Gasteiger charge is 2.34. The van der Waals surface area contributed by atoms with Crippen LogP contribution in [0, 0.1) is 5.92 Å². The zero-order valence-corrected chi connectivity index (χ0v) is 16.3. The summed E-state index contributed by atoms with van der Waals surface area (Å²) in [5, 5.41) is 4.92. The van der Waals surface area contributed by atoms with Crippen molar-refractivity contribution >= 4 is 56.5 Å². The first-order valence-electron chi connectivity index (χ1n) is 7.52. The van der Waals surface area contributed by atoms with E-state index in [0.29, 0.717) is 13.1 Å². The molecule has 126 valence electrons. The molecule has 1 fully saturated rings. The number of benzene rings is 1. The summed E-state index contributed by atoms with van der Waals surface area (Å²) in [5.74, 6) is -0.344. The second-order valence-electron chi connectivity index (χ2n) is 5.55. The summed E-state index contributed by atoms with van der Waals surface area (Å²) in [4.78, 5) is 28.6. The summed E-state index contributed by atoms with van der Waals surface area (Å²) < 4.78 is 1.02. The molecule has 4 nitrogen and oxygen atoms in total. The second kappa shape index (κ2) is 7.72. The van der Waals surface area contributed by atoms with E-state index < -0.39 is 0 Å². The second-order valence-corrected chi connectivity index (χ2v) is 8.34. The molecule has 1 N–H and O–H groups in total. The molecule has 1 aromatic carbocycles. The van der Waals surface area contributed by atoms with E-state index in [9.17, 15) is 9.59 Å². The molecule has 2 aromatic rings. The average molecular weight is 425 g/mol. The van der Waals surface area contributed by atoms with E-state index in [4.69, 9.17) is 0 Å². The Morgan fingerprint density at radius 3 is 2.79 bits per heavy atom.